The summed E-state index contributed by atoms with van der Waals surface area (Å²) < 4.78 is 9.61. The van der Waals surface area contributed by atoms with Crippen LogP contribution in [0.15, 0.2) is 60.9 Å². The molecule has 8 atom stereocenters. The number of imidazole rings is 2. The predicted octanol–water partition coefficient (Wildman–Crippen LogP) is 6.61. The Morgan fingerprint density at radius 3 is 1.67 bits per heavy atom. The lowest BCUT2D eigenvalue weighted by Gasteiger charge is -2.37. The smallest absolute Gasteiger partial charge is 0.407 e. The first-order valence-corrected chi connectivity index (χ1v) is 20.1. The van der Waals surface area contributed by atoms with Gasteiger partial charge >= 0.3 is 12.2 Å². The highest BCUT2D eigenvalue weighted by Crippen LogP contribution is 2.54. The molecule has 14 heteroatoms. The molecule has 8 unspecified atom stereocenters. The van der Waals surface area contributed by atoms with Gasteiger partial charge in [-0.05, 0) is 78.0 Å². The molecule has 2 aromatic carbocycles. The van der Waals surface area contributed by atoms with Crippen molar-refractivity contribution in [3.05, 3.63) is 72.6 Å². The number of piperidine rings is 2. The first kappa shape index (κ1) is 38.2. The zero-order valence-corrected chi connectivity index (χ0v) is 33.3. The molecule has 4 heterocycles. The monoisotopic (exact) mass is 776 g/mol. The highest BCUT2D eigenvalue weighted by Gasteiger charge is 2.56. The highest BCUT2D eigenvalue weighted by molar-refractivity contribution is 5.88. The molecular weight excluding hydrogens is 725 g/mol. The second kappa shape index (κ2) is 15.4. The molecule has 2 aromatic heterocycles. The molecule has 4 amide bonds. The number of hydrogen-bond acceptors (Lipinski definition) is 8. The van der Waals surface area contributed by atoms with Crippen molar-refractivity contribution in [2.45, 2.75) is 96.1 Å². The van der Waals surface area contributed by atoms with Crippen LogP contribution in [0.2, 0.25) is 0 Å². The third-order valence-corrected chi connectivity index (χ3v) is 12.5. The number of carbonyl (C=O) groups excluding carboxylic acids is 4. The van der Waals surface area contributed by atoms with Crippen LogP contribution in [-0.4, -0.2) is 92.1 Å². The number of ether oxygens (including phenoxy) is 2. The van der Waals surface area contributed by atoms with E-state index in [-0.39, 0.29) is 47.8 Å². The molecule has 14 nitrogen and oxygen atoms in total. The van der Waals surface area contributed by atoms with E-state index < -0.39 is 24.3 Å². The van der Waals surface area contributed by atoms with Crippen molar-refractivity contribution in [2.24, 2.45) is 23.7 Å². The molecule has 0 spiro atoms. The number of nitrogens with zero attached hydrogens (tertiary/aromatic N) is 4. The van der Waals surface area contributed by atoms with E-state index in [4.69, 9.17) is 19.4 Å². The maximum Gasteiger partial charge on any atom is 0.407 e. The number of hydrogen-bond donors (Lipinski definition) is 4. The average Bonchev–Trinajstić information content (AvgIpc) is 3.86. The highest BCUT2D eigenvalue weighted by atomic mass is 16.5. The molecule has 2 aliphatic heterocycles. The topological polar surface area (TPSA) is 175 Å². The van der Waals surface area contributed by atoms with Gasteiger partial charge in [0, 0.05) is 12.1 Å². The summed E-state index contributed by atoms with van der Waals surface area (Å²) in [6.07, 6.45) is 7.19. The molecule has 2 aliphatic carbocycles. The van der Waals surface area contributed by atoms with Gasteiger partial charge in [0.15, 0.2) is 0 Å². The van der Waals surface area contributed by atoms with Gasteiger partial charge in [0.1, 0.15) is 23.7 Å². The molecule has 4 fully saturated rings. The van der Waals surface area contributed by atoms with Gasteiger partial charge in [0.25, 0.3) is 0 Å². The van der Waals surface area contributed by atoms with Crippen molar-refractivity contribution in [3.63, 3.8) is 0 Å². The number of H-pyrrole nitrogens is 2. The van der Waals surface area contributed by atoms with E-state index in [2.05, 4.69) is 69.1 Å². The lowest BCUT2D eigenvalue weighted by atomic mass is 9.95. The van der Waals surface area contributed by atoms with Crippen LogP contribution in [0, 0.1) is 23.7 Å². The molecule has 4 aliphatic rings. The SMILES string of the molecule is COC(=O)NC(C(=O)N1C(c2ncc(-c3ccc(-c4ccc(-c5cnc(C6C7CCC(C7)N6C(=O)C(NC(=O)OC)C(C)C)[nH]5)cc4)cc3)[nH]2)CC2CC21)C(C)C. The zero-order chi connectivity index (χ0) is 40.1. The Hall–Kier alpha value is -5.66. The average molecular weight is 777 g/mol. The normalized spacial score (nSPS) is 24.4. The first-order chi connectivity index (χ1) is 27.4. The van der Waals surface area contributed by atoms with Crippen LogP contribution < -0.4 is 10.6 Å². The quantitative estimate of drug-likeness (QED) is 0.132. The predicted molar refractivity (Wildman–Crippen MR) is 212 cm³/mol. The molecule has 2 saturated carbocycles. The van der Waals surface area contributed by atoms with Crippen LogP contribution in [0.25, 0.3) is 33.6 Å². The number of carbonyl (C=O) groups is 4. The third-order valence-electron chi connectivity index (χ3n) is 12.5. The van der Waals surface area contributed by atoms with E-state index in [0.717, 1.165) is 77.4 Å². The molecule has 2 saturated heterocycles. The Morgan fingerprint density at radius 1 is 0.649 bits per heavy atom. The number of likely N-dealkylation sites (tertiary alicyclic amines) is 2. The van der Waals surface area contributed by atoms with Crippen molar-refractivity contribution >= 4 is 24.0 Å². The minimum absolute atomic E-state index is 0.0937. The molecule has 8 rings (SSSR count). The number of amides is 4. The van der Waals surface area contributed by atoms with Gasteiger partial charge in [0.05, 0.1) is 50.1 Å². The number of nitrogens with one attached hydrogen (secondary N) is 4. The summed E-state index contributed by atoms with van der Waals surface area (Å²) >= 11 is 0. The number of rotatable bonds is 11. The number of alkyl carbamates (subject to hydrolysis) is 2. The Kier molecular flexibility index (Phi) is 10.3. The van der Waals surface area contributed by atoms with Crippen LogP contribution >= 0.6 is 0 Å². The van der Waals surface area contributed by atoms with E-state index >= 15 is 0 Å². The van der Waals surface area contributed by atoms with Gasteiger partial charge in [-0.15, -0.1) is 0 Å². The van der Waals surface area contributed by atoms with Crippen molar-refractivity contribution in [2.75, 3.05) is 14.2 Å². The van der Waals surface area contributed by atoms with Gasteiger partial charge in [0.2, 0.25) is 11.8 Å². The number of aromatic nitrogens is 4. The summed E-state index contributed by atoms with van der Waals surface area (Å²) in [5, 5.41) is 5.49. The fraction of sp³-hybridized carbons (Fsp3) is 0.488. The minimum Gasteiger partial charge on any atom is -0.453 e. The maximum absolute atomic E-state index is 13.9. The zero-order valence-electron chi connectivity index (χ0n) is 33.3. The van der Waals surface area contributed by atoms with Crippen molar-refractivity contribution in [3.8, 4) is 33.6 Å². The van der Waals surface area contributed by atoms with Crippen LogP contribution in [0.1, 0.15) is 83.5 Å². The first-order valence-electron chi connectivity index (χ1n) is 20.1. The van der Waals surface area contributed by atoms with E-state index in [1.165, 1.54) is 14.2 Å². The minimum atomic E-state index is -0.681. The Labute approximate surface area is 332 Å². The van der Waals surface area contributed by atoms with Gasteiger partial charge in [-0.1, -0.05) is 76.2 Å². The molecule has 4 aromatic rings. The van der Waals surface area contributed by atoms with Crippen LogP contribution in [0.5, 0.6) is 0 Å². The van der Waals surface area contributed by atoms with E-state index in [1.54, 1.807) is 0 Å². The van der Waals surface area contributed by atoms with Gasteiger partial charge in [-0.2, -0.15) is 0 Å². The number of fused-ring (bicyclic) bond motifs is 3. The number of methoxy groups -OCH3 is 2. The summed E-state index contributed by atoms with van der Waals surface area (Å²) in [6.45, 7) is 7.69. The molecule has 4 N–H and O–H groups in total. The standard InChI is InChI=1S/C43H52N8O6/c1-22(2)35(48-42(54)56-5)40(52)50-30-16-15-28(17-30)37(50)39-45-21-32(47-39)27-13-9-25(10-14-27)24-7-11-26(12-8-24)31-20-44-38(46-31)34-19-29-18-33(29)51(34)41(53)36(23(3)4)49-43(55)57-6/h7-14,20-23,28-30,33-37H,15-19H2,1-6H3,(H,44,46)(H,45,47)(H,48,54)(H,49,55). The van der Waals surface area contributed by atoms with Crippen LogP contribution in [-0.2, 0) is 19.1 Å². The summed E-state index contributed by atoms with van der Waals surface area (Å²) in [4.78, 5) is 72.3. The Bertz CT molecular complexity index is 2130. The molecule has 2 bridgehead atoms. The number of aromatic amines is 2. The summed E-state index contributed by atoms with van der Waals surface area (Å²) in [7, 11) is 2.61. The van der Waals surface area contributed by atoms with Gasteiger partial charge in [-0.25, -0.2) is 19.6 Å². The Balaban J connectivity index is 0.941. The second-order valence-electron chi connectivity index (χ2n) is 16.7. The molecular formula is C43H52N8O6. The molecule has 0 radical (unpaired) electrons. The number of benzene rings is 2. The van der Waals surface area contributed by atoms with Crippen LogP contribution in [0.4, 0.5) is 9.59 Å². The lowest BCUT2D eigenvalue weighted by Crippen LogP contribution is -2.54. The second-order valence-corrected chi connectivity index (χ2v) is 16.7. The van der Waals surface area contributed by atoms with Crippen molar-refractivity contribution in [1.82, 2.24) is 40.4 Å². The van der Waals surface area contributed by atoms with Gasteiger partial charge in [-0.3, -0.25) is 9.59 Å². The fourth-order valence-corrected chi connectivity index (χ4v) is 9.37. The van der Waals surface area contributed by atoms with E-state index in [9.17, 15) is 19.2 Å². The van der Waals surface area contributed by atoms with Crippen LogP contribution in [0.3, 0.4) is 0 Å². The fourth-order valence-electron chi connectivity index (χ4n) is 9.37. The van der Waals surface area contributed by atoms with Gasteiger partial charge < -0.3 is 39.9 Å². The summed E-state index contributed by atoms with van der Waals surface area (Å²) in [6, 6.07) is 15.2. The van der Waals surface area contributed by atoms with Crippen molar-refractivity contribution < 1.29 is 28.7 Å². The summed E-state index contributed by atoms with van der Waals surface area (Å²) in [5.41, 5.74) is 5.87. The summed E-state index contributed by atoms with van der Waals surface area (Å²) in [5.74, 6) is 1.89. The molecule has 300 valence electrons. The third kappa shape index (κ3) is 7.25. The lowest BCUT2D eigenvalue weighted by molar-refractivity contribution is -0.139. The largest absolute Gasteiger partial charge is 0.453 e. The van der Waals surface area contributed by atoms with E-state index in [1.807, 2.05) is 49.9 Å². The maximum atomic E-state index is 13.9. The van der Waals surface area contributed by atoms with E-state index in [0.29, 0.717) is 11.8 Å². The Morgan fingerprint density at radius 2 is 1.14 bits per heavy atom. The molecule has 57 heavy (non-hydrogen) atoms. The van der Waals surface area contributed by atoms with Crippen molar-refractivity contribution in [1.29, 1.82) is 0 Å².